The molecule has 0 radical (unpaired) electrons. The number of hydrogen-bond donors (Lipinski definition) is 2. The van der Waals surface area contributed by atoms with E-state index in [2.05, 4.69) is 0 Å². The molecule has 0 bridgehead atoms. The fourth-order valence-electron chi connectivity index (χ4n) is 2.05. The Labute approximate surface area is 83.5 Å². The minimum atomic E-state index is -0.888. The summed E-state index contributed by atoms with van der Waals surface area (Å²) in [4.78, 5) is 0. The second-order valence-corrected chi connectivity index (χ2v) is 3.65. The second kappa shape index (κ2) is 3.30. The summed E-state index contributed by atoms with van der Waals surface area (Å²) in [6.07, 6.45) is 0.788. The zero-order valence-electron chi connectivity index (χ0n) is 8.32. The van der Waals surface area contributed by atoms with E-state index in [0.29, 0.717) is 5.46 Å². The first-order valence-corrected chi connectivity index (χ1v) is 4.80. The van der Waals surface area contributed by atoms with Crippen LogP contribution in [0.2, 0.25) is 0 Å². The van der Waals surface area contributed by atoms with E-state index in [4.69, 9.17) is 4.65 Å². The Morgan fingerprint density at radius 2 is 2.21 bits per heavy atom. The molecule has 0 spiro atoms. The summed E-state index contributed by atoms with van der Waals surface area (Å²) >= 11 is 0. The van der Waals surface area contributed by atoms with Crippen molar-refractivity contribution in [2.45, 2.75) is 26.4 Å². The highest BCUT2D eigenvalue weighted by atomic mass is 16.5. The van der Waals surface area contributed by atoms with Gasteiger partial charge in [-0.1, -0.05) is 6.92 Å². The van der Waals surface area contributed by atoms with Crippen molar-refractivity contribution in [3.05, 3.63) is 23.3 Å². The van der Waals surface area contributed by atoms with Gasteiger partial charge in [-0.05, 0) is 42.1 Å². The number of aryl methyl sites for hydroxylation is 1. The lowest BCUT2D eigenvalue weighted by molar-refractivity contribution is 0.186. The summed E-state index contributed by atoms with van der Waals surface area (Å²) in [7, 11) is -0.888. The smallest absolute Gasteiger partial charge is 0.492 e. The maximum atomic E-state index is 9.60. The summed E-state index contributed by atoms with van der Waals surface area (Å²) in [6.45, 7) is 3.93. The second-order valence-electron chi connectivity index (χ2n) is 3.65. The normalized spacial score (nSPS) is 19.9. The Morgan fingerprint density at radius 3 is 2.86 bits per heavy atom. The van der Waals surface area contributed by atoms with Crippen molar-refractivity contribution in [2.24, 2.45) is 0 Å². The van der Waals surface area contributed by atoms with Crippen LogP contribution in [0.15, 0.2) is 12.1 Å². The van der Waals surface area contributed by atoms with Gasteiger partial charge in [-0.25, -0.2) is 0 Å². The van der Waals surface area contributed by atoms with E-state index in [1.807, 2.05) is 13.8 Å². The highest BCUT2D eigenvalue weighted by Crippen LogP contribution is 2.30. The van der Waals surface area contributed by atoms with E-state index in [1.54, 1.807) is 12.1 Å². The van der Waals surface area contributed by atoms with Crippen LogP contribution in [0, 0.1) is 6.92 Å². The number of benzene rings is 1. The third-order valence-electron chi connectivity index (χ3n) is 2.66. The summed E-state index contributed by atoms with van der Waals surface area (Å²) in [5.41, 5.74) is 2.70. The van der Waals surface area contributed by atoms with E-state index >= 15 is 0 Å². The lowest BCUT2D eigenvalue weighted by Gasteiger charge is -2.11. The molecular formula is C10H13BO3. The van der Waals surface area contributed by atoms with Gasteiger partial charge in [-0.3, -0.25) is 0 Å². The molecule has 0 amide bonds. The molecule has 2 rings (SSSR count). The van der Waals surface area contributed by atoms with Crippen molar-refractivity contribution in [2.75, 3.05) is 0 Å². The minimum absolute atomic E-state index is 0.0411. The van der Waals surface area contributed by atoms with E-state index in [0.717, 1.165) is 17.5 Å². The highest BCUT2D eigenvalue weighted by molar-refractivity contribution is 6.61. The molecule has 1 atom stereocenters. The van der Waals surface area contributed by atoms with Gasteiger partial charge in [0, 0.05) is 0 Å². The Hall–Kier alpha value is -0.995. The number of aromatic hydroxyl groups is 1. The van der Waals surface area contributed by atoms with Crippen LogP contribution in [-0.2, 0) is 4.65 Å². The number of hydrogen-bond acceptors (Lipinski definition) is 3. The monoisotopic (exact) mass is 192 g/mol. The van der Waals surface area contributed by atoms with E-state index in [1.165, 1.54) is 0 Å². The Kier molecular flexibility index (Phi) is 2.25. The molecule has 0 aromatic heterocycles. The summed E-state index contributed by atoms with van der Waals surface area (Å²) in [6, 6.07) is 3.27. The van der Waals surface area contributed by atoms with Crippen molar-refractivity contribution in [1.82, 2.24) is 0 Å². The largest absolute Gasteiger partial charge is 0.508 e. The maximum Gasteiger partial charge on any atom is 0.492 e. The van der Waals surface area contributed by atoms with E-state index < -0.39 is 7.12 Å². The van der Waals surface area contributed by atoms with Gasteiger partial charge in [-0.2, -0.15) is 0 Å². The third kappa shape index (κ3) is 1.31. The van der Waals surface area contributed by atoms with Gasteiger partial charge in [0.1, 0.15) is 5.75 Å². The molecule has 1 aliphatic heterocycles. The van der Waals surface area contributed by atoms with Gasteiger partial charge in [0.15, 0.2) is 0 Å². The molecule has 0 saturated heterocycles. The highest BCUT2D eigenvalue weighted by Gasteiger charge is 2.35. The molecule has 0 saturated carbocycles. The fraction of sp³-hybridized carbons (Fsp3) is 0.400. The summed E-state index contributed by atoms with van der Waals surface area (Å²) < 4.78 is 5.36. The lowest BCUT2D eigenvalue weighted by Crippen LogP contribution is -2.28. The van der Waals surface area contributed by atoms with Gasteiger partial charge in [0.2, 0.25) is 0 Å². The summed E-state index contributed by atoms with van der Waals surface area (Å²) in [5, 5.41) is 19.0. The van der Waals surface area contributed by atoms with Gasteiger partial charge in [0.05, 0.1) is 6.10 Å². The molecule has 0 fully saturated rings. The predicted molar refractivity (Wildman–Crippen MR) is 54.6 cm³/mol. The predicted octanol–water partition coefficient (Wildman–Crippen LogP) is 0.869. The molecule has 2 N–H and O–H groups in total. The van der Waals surface area contributed by atoms with Crippen LogP contribution in [-0.4, -0.2) is 17.2 Å². The molecule has 1 aromatic carbocycles. The Bertz CT molecular complexity index is 365. The van der Waals surface area contributed by atoms with Crippen molar-refractivity contribution in [3.8, 4) is 5.75 Å². The summed E-state index contributed by atoms with van der Waals surface area (Å²) in [5.74, 6) is 0.181. The number of phenolic OH excluding ortho intramolecular Hbond substituents is 1. The van der Waals surface area contributed by atoms with E-state index in [-0.39, 0.29) is 11.9 Å². The SMILES string of the molecule is CCC1OB(O)c2cc(O)cc(C)c21. The number of fused-ring (bicyclic) bond motifs is 1. The molecule has 4 heteroatoms. The molecule has 1 aliphatic rings. The topological polar surface area (TPSA) is 49.7 Å². The van der Waals surface area contributed by atoms with Crippen LogP contribution in [0.1, 0.15) is 30.6 Å². The zero-order valence-corrected chi connectivity index (χ0v) is 8.32. The molecule has 1 heterocycles. The van der Waals surface area contributed by atoms with Gasteiger partial charge < -0.3 is 14.8 Å². The molecule has 1 aromatic rings. The van der Waals surface area contributed by atoms with Crippen molar-refractivity contribution >= 4 is 12.6 Å². The Morgan fingerprint density at radius 1 is 1.50 bits per heavy atom. The van der Waals surface area contributed by atoms with Crippen LogP contribution in [0.5, 0.6) is 5.75 Å². The maximum absolute atomic E-state index is 9.60. The van der Waals surface area contributed by atoms with Crippen LogP contribution in [0.25, 0.3) is 0 Å². The van der Waals surface area contributed by atoms with Crippen LogP contribution in [0.3, 0.4) is 0 Å². The first-order chi connectivity index (χ1) is 6.63. The molecule has 1 unspecified atom stereocenters. The first kappa shape index (κ1) is 9.56. The average Bonchev–Trinajstić information content (AvgIpc) is 2.43. The van der Waals surface area contributed by atoms with Gasteiger partial charge in [-0.15, -0.1) is 0 Å². The quantitative estimate of drug-likeness (QED) is 0.649. The molecule has 0 aliphatic carbocycles. The molecule has 3 nitrogen and oxygen atoms in total. The van der Waals surface area contributed by atoms with Crippen molar-refractivity contribution in [1.29, 1.82) is 0 Å². The van der Waals surface area contributed by atoms with Crippen LogP contribution in [0.4, 0.5) is 0 Å². The number of phenols is 1. The average molecular weight is 192 g/mol. The standard InChI is InChI=1S/C10H13BO3/c1-3-9-10-6(2)4-7(12)5-8(10)11(13)14-9/h4-5,9,12-13H,3H2,1-2H3. The van der Waals surface area contributed by atoms with Crippen molar-refractivity contribution in [3.63, 3.8) is 0 Å². The van der Waals surface area contributed by atoms with Crippen LogP contribution < -0.4 is 5.46 Å². The van der Waals surface area contributed by atoms with Crippen molar-refractivity contribution < 1.29 is 14.8 Å². The Balaban J connectivity index is 2.56. The van der Waals surface area contributed by atoms with Crippen LogP contribution >= 0.6 is 0 Å². The van der Waals surface area contributed by atoms with Gasteiger partial charge in [0.25, 0.3) is 0 Å². The third-order valence-corrected chi connectivity index (χ3v) is 2.66. The van der Waals surface area contributed by atoms with Gasteiger partial charge >= 0.3 is 7.12 Å². The lowest BCUT2D eigenvalue weighted by atomic mass is 9.78. The number of rotatable bonds is 1. The first-order valence-electron chi connectivity index (χ1n) is 4.80. The van der Waals surface area contributed by atoms with E-state index in [9.17, 15) is 10.1 Å². The zero-order chi connectivity index (χ0) is 10.3. The molecule has 14 heavy (non-hydrogen) atoms. The fourth-order valence-corrected chi connectivity index (χ4v) is 2.05. The molecule has 74 valence electrons. The minimum Gasteiger partial charge on any atom is -0.508 e. The molecular weight excluding hydrogens is 179 g/mol.